The Labute approximate surface area is 78.2 Å². The molecule has 5 nitrogen and oxygen atoms in total. The smallest absolute Gasteiger partial charge is 0.311 e. The summed E-state index contributed by atoms with van der Waals surface area (Å²) in [4.78, 5) is 0. The second-order valence-electron chi connectivity index (χ2n) is 2.78. The Morgan fingerprint density at radius 2 is 1.92 bits per heavy atom. The molecule has 0 spiro atoms. The highest BCUT2D eigenvalue weighted by Gasteiger charge is 2.15. The Hall–Kier alpha value is -0.620. The molecule has 0 bridgehead atoms. The van der Waals surface area contributed by atoms with Gasteiger partial charge in [-0.2, -0.15) is 8.42 Å². The van der Waals surface area contributed by atoms with E-state index in [-0.39, 0.29) is 6.42 Å². The summed E-state index contributed by atoms with van der Waals surface area (Å²) >= 11 is 0. The van der Waals surface area contributed by atoms with Crippen LogP contribution in [0.4, 0.5) is 0 Å². The molecule has 0 aromatic carbocycles. The molecule has 0 unspecified atom stereocenters. The summed E-state index contributed by atoms with van der Waals surface area (Å²) in [6, 6.07) is 0. The van der Waals surface area contributed by atoms with Crippen LogP contribution in [0.5, 0.6) is 0 Å². The first-order valence-electron chi connectivity index (χ1n) is 4.20. The third kappa shape index (κ3) is 5.59. The summed E-state index contributed by atoms with van der Waals surface area (Å²) in [5.74, 6) is 0. The minimum absolute atomic E-state index is 0.0926. The Morgan fingerprint density at radius 3 is 2.31 bits per heavy atom. The van der Waals surface area contributed by atoms with Gasteiger partial charge in [-0.3, -0.25) is 4.55 Å². The monoisotopic (exact) mass is 209 g/mol. The topological polar surface area (TPSA) is 87.0 Å². The lowest BCUT2D eigenvalue weighted by Gasteiger charge is -1.99. The van der Waals surface area contributed by atoms with Gasteiger partial charge in [-0.25, -0.2) is 0 Å². The number of oxime groups is 1. The van der Waals surface area contributed by atoms with Crippen LogP contribution in [0.15, 0.2) is 5.16 Å². The van der Waals surface area contributed by atoms with E-state index in [9.17, 15) is 8.42 Å². The molecule has 0 aliphatic rings. The van der Waals surface area contributed by atoms with Crippen molar-refractivity contribution in [2.24, 2.45) is 5.16 Å². The van der Waals surface area contributed by atoms with E-state index in [1.54, 1.807) is 0 Å². The fourth-order valence-electron chi connectivity index (χ4n) is 0.934. The molecule has 0 aliphatic carbocycles. The molecule has 0 rings (SSSR count). The van der Waals surface area contributed by atoms with E-state index in [0.29, 0.717) is 6.42 Å². The molecule has 0 fully saturated rings. The molecule has 0 amide bonds. The van der Waals surface area contributed by atoms with Crippen LogP contribution in [0.3, 0.4) is 0 Å². The molecule has 0 atom stereocenters. The van der Waals surface area contributed by atoms with Crippen molar-refractivity contribution in [1.29, 1.82) is 0 Å². The summed E-state index contributed by atoms with van der Waals surface area (Å²) < 4.78 is 29.5. The van der Waals surface area contributed by atoms with Gasteiger partial charge in [0.2, 0.25) is 0 Å². The molecule has 0 radical (unpaired) electrons. The van der Waals surface area contributed by atoms with Crippen molar-refractivity contribution in [3.63, 3.8) is 0 Å². The van der Waals surface area contributed by atoms with E-state index in [1.807, 2.05) is 6.92 Å². The Balaban J connectivity index is 3.90. The van der Waals surface area contributed by atoms with Crippen LogP contribution in [0, 0.1) is 0 Å². The van der Waals surface area contributed by atoms with E-state index >= 15 is 0 Å². The number of nitrogens with zero attached hydrogens (tertiary/aromatic N) is 1. The van der Waals surface area contributed by atoms with Gasteiger partial charge in [-0.1, -0.05) is 31.3 Å². The van der Waals surface area contributed by atoms with Crippen LogP contribution in [0.2, 0.25) is 0 Å². The SMILES string of the molecule is CCCCCCC(=NO)S(=O)(=O)O. The van der Waals surface area contributed by atoms with Crippen molar-refractivity contribution in [2.45, 2.75) is 39.0 Å². The van der Waals surface area contributed by atoms with Gasteiger partial charge in [-0.15, -0.1) is 0 Å². The van der Waals surface area contributed by atoms with Crippen molar-refractivity contribution < 1.29 is 18.2 Å². The minimum atomic E-state index is -4.30. The molecule has 0 saturated heterocycles. The first kappa shape index (κ1) is 12.4. The molecule has 6 heteroatoms. The molecular weight excluding hydrogens is 194 g/mol. The summed E-state index contributed by atoms with van der Waals surface area (Å²) in [5.41, 5.74) is 0. The largest absolute Gasteiger partial charge is 0.410 e. The van der Waals surface area contributed by atoms with Crippen LogP contribution in [0.25, 0.3) is 0 Å². The number of unbranched alkanes of at least 4 members (excludes halogenated alkanes) is 3. The first-order chi connectivity index (χ1) is 6.02. The highest BCUT2D eigenvalue weighted by atomic mass is 32.2. The van der Waals surface area contributed by atoms with Gasteiger partial charge in [0.1, 0.15) is 0 Å². The maximum Gasteiger partial charge on any atom is 0.311 e. The van der Waals surface area contributed by atoms with Crippen molar-refractivity contribution in [1.82, 2.24) is 0 Å². The Kier molecular flexibility index (Phi) is 5.65. The van der Waals surface area contributed by atoms with Crippen LogP contribution in [0.1, 0.15) is 39.0 Å². The second kappa shape index (κ2) is 5.93. The summed E-state index contributed by atoms with van der Waals surface area (Å²) in [6.45, 7) is 2.03. The van der Waals surface area contributed by atoms with Crippen molar-refractivity contribution >= 4 is 15.2 Å². The highest BCUT2D eigenvalue weighted by molar-refractivity contribution is 8.01. The van der Waals surface area contributed by atoms with Crippen molar-refractivity contribution in [3.05, 3.63) is 0 Å². The summed E-state index contributed by atoms with van der Waals surface area (Å²) in [6.07, 6.45) is 3.61. The zero-order valence-electron chi connectivity index (χ0n) is 7.60. The molecule has 0 aliphatic heterocycles. The maximum absolute atomic E-state index is 10.5. The van der Waals surface area contributed by atoms with Crippen molar-refractivity contribution in [3.8, 4) is 0 Å². The van der Waals surface area contributed by atoms with Crippen LogP contribution in [-0.2, 0) is 10.1 Å². The normalized spacial score (nSPS) is 13.2. The van der Waals surface area contributed by atoms with Gasteiger partial charge in [0.25, 0.3) is 0 Å². The lowest BCUT2D eigenvalue weighted by atomic mass is 10.2. The first-order valence-corrected chi connectivity index (χ1v) is 5.64. The van der Waals surface area contributed by atoms with Crippen LogP contribution < -0.4 is 0 Å². The molecule has 13 heavy (non-hydrogen) atoms. The average Bonchev–Trinajstić information content (AvgIpc) is 2.02. The lowest BCUT2D eigenvalue weighted by Crippen LogP contribution is -2.13. The fourth-order valence-corrected chi connectivity index (χ4v) is 1.44. The summed E-state index contributed by atoms with van der Waals surface area (Å²) in [7, 11) is -4.30. The molecule has 78 valence electrons. The third-order valence-electron chi connectivity index (χ3n) is 1.65. The van der Waals surface area contributed by atoms with E-state index < -0.39 is 15.2 Å². The number of hydrogen-bond acceptors (Lipinski definition) is 4. The minimum Gasteiger partial charge on any atom is -0.410 e. The zero-order valence-corrected chi connectivity index (χ0v) is 8.42. The predicted molar refractivity (Wildman–Crippen MR) is 49.5 cm³/mol. The standard InChI is InChI=1S/C7H15NO4S/c1-2-3-4-5-6-7(8-9)13(10,11)12/h9H,2-6H2,1H3,(H,10,11,12). The zero-order chi connectivity index (χ0) is 10.3. The van der Waals surface area contributed by atoms with Gasteiger partial charge < -0.3 is 5.21 Å². The molecule has 0 aromatic rings. The number of rotatable bonds is 5. The van der Waals surface area contributed by atoms with Gasteiger partial charge in [0.15, 0.2) is 5.04 Å². The quantitative estimate of drug-likeness (QED) is 0.180. The average molecular weight is 209 g/mol. The van der Waals surface area contributed by atoms with E-state index in [4.69, 9.17) is 9.76 Å². The molecule has 2 N–H and O–H groups in total. The summed E-state index contributed by atoms with van der Waals surface area (Å²) in [5, 5.41) is 10.3. The predicted octanol–water partition coefficient (Wildman–Crippen LogP) is 1.63. The molecule has 0 heterocycles. The van der Waals surface area contributed by atoms with E-state index in [2.05, 4.69) is 5.16 Å². The van der Waals surface area contributed by atoms with E-state index in [1.165, 1.54) is 0 Å². The fraction of sp³-hybridized carbons (Fsp3) is 0.857. The van der Waals surface area contributed by atoms with Gasteiger partial charge in [0, 0.05) is 6.42 Å². The lowest BCUT2D eigenvalue weighted by molar-refractivity contribution is 0.318. The molecular formula is C7H15NO4S. The molecule has 0 saturated carbocycles. The third-order valence-corrected chi connectivity index (χ3v) is 2.53. The number of hydrogen-bond donors (Lipinski definition) is 2. The van der Waals surface area contributed by atoms with Crippen LogP contribution >= 0.6 is 0 Å². The maximum atomic E-state index is 10.5. The van der Waals surface area contributed by atoms with Crippen molar-refractivity contribution in [2.75, 3.05) is 0 Å². The molecule has 0 aromatic heterocycles. The second-order valence-corrected chi connectivity index (χ2v) is 4.20. The Morgan fingerprint density at radius 1 is 1.31 bits per heavy atom. The van der Waals surface area contributed by atoms with Gasteiger partial charge in [0.05, 0.1) is 0 Å². The van der Waals surface area contributed by atoms with Gasteiger partial charge in [-0.05, 0) is 6.42 Å². The van der Waals surface area contributed by atoms with E-state index in [0.717, 1.165) is 19.3 Å². The highest BCUT2D eigenvalue weighted by Crippen LogP contribution is 2.06. The van der Waals surface area contributed by atoms with Gasteiger partial charge >= 0.3 is 10.1 Å². The Bertz CT molecular complexity index is 258. The van der Waals surface area contributed by atoms with Crippen LogP contribution in [-0.4, -0.2) is 23.2 Å².